The standard InChI is InChI=1S/C33H54N12O12/c1-16(35)27(50)41-19(5-3-4-12-34)29(52)42-21(7-10-25(37)47)31(54)45-23(13-18-14-38-15-39-18)32(55)44-20(6-9-24(36)46)30(53)43-22(8-11-26(48)49)28(51)40-17(2)33(56)57/h14-17,19-23H,3-13,34-35H2,1-2H3,(H2,36,46)(H2,37,47)(H,38,39)(H,40,51)(H,41,50)(H,42,52)(H,43,53)(H,44,55)(H,45,54)(H,48,49)(H,56,57). The van der Waals surface area contributed by atoms with Crippen LogP contribution in [0.25, 0.3) is 0 Å². The van der Waals surface area contributed by atoms with Crippen LogP contribution in [0.3, 0.4) is 0 Å². The number of aromatic nitrogens is 2. The van der Waals surface area contributed by atoms with Gasteiger partial charge in [-0.3, -0.25) is 47.9 Å². The van der Waals surface area contributed by atoms with Crippen molar-refractivity contribution < 1.29 is 58.2 Å². The topological polar surface area (TPSA) is 416 Å². The van der Waals surface area contributed by atoms with Crippen LogP contribution in [0.4, 0.5) is 0 Å². The van der Waals surface area contributed by atoms with Gasteiger partial charge in [-0.15, -0.1) is 0 Å². The zero-order valence-electron chi connectivity index (χ0n) is 31.7. The molecule has 1 heterocycles. The fourth-order valence-electron chi connectivity index (χ4n) is 5.00. The Hall–Kier alpha value is -6.17. The molecule has 7 unspecified atom stereocenters. The van der Waals surface area contributed by atoms with Gasteiger partial charge in [-0.05, 0) is 58.9 Å². The molecule has 24 nitrogen and oxygen atoms in total. The van der Waals surface area contributed by atoms with E-state index in [1.807, 2.05) is 0 Å². The second-order valence-electron chi connectivity index (χ2n) is 13.2. The molecule has 1 rings (SSSR count). The summed E-state index contributed by atoms with van der Waals surface area (Å²) in [6.07, 6.45) is 0.588. The molecule has 0 spiro atoms. The number of H-pyrrole nitrogens is 1. The Kier molecular flexibility index (Phi) is 21.5. The van der Waals surface area contributed by atoms with Crippen LogP contribution in [0.5, 0.6) is 0 Å². The molecule has 8 amide bonds. The summed E-state index contributed by atoms with van der Waals surface area (Å²) in [5.41, 5.74) is 22.1. The number of nitrogens with zero attached hydrogens (tertiary/aromatic N) is 1. The van der Waals surface area contributed by atoms with Crippen LogP contribution < -0.4 is 54.8 Å². The van der Waals surface area contributed by atoms with E-state index in [9.17, 15) is 58.2 Å². The number of carboxylic acid groups (broad SMARTS) is 2. The number of imidazole rings is 1. The highest BCUT2D eigenvalue weighted by atomic mass is 16.4. The molecule has 0 bridgehead atoms. The Balaban J connectivity index is 3.45. The SMILES string of the molecule is CC(N)C(=O)NC(CCCCN)C(=O)NC(CCC(N)=O)C(=O)NC(Cc1cnc[nH]1)C(=O)NC(CCC(N)=O)C(=O)NC(CCC(=O)O)C(=O)NC(C)C(=O)O. The van der Waals surface area contributed by atoms with Crippen molar-refractivity contribution in [1.29, 1.82) is 0 Å². The molecule has 0 saturated heterocycles. The van der Waals surface area contributed by atoms with Crippen molar-refractivity contribution in [3.63, 3.8) is 0 Å². The van der Waals surface area contributed by atoms with Gasteiger partial charge in [-0.1, -0.05) is 0 Å². The largest absolute Gasteiger partial charge is 0.481 e. The lowest BCUT2D eigenvalue weighted by Crippen LogP contribution is -2.60. The molecule has 0 aliphatic heterocycles. The van der Waals surface area contributed by atoms with Gasteiger partial charge in [0, 0.05) is 37.6 Å². The fraction of sp³-hybridized carbons (Fsp3) is 0.606. The summed E-state index contributed by atoms with van der Waals surface area (Å²) >= 11 is 0. The van der Waals surface area contributed by atoms with Crippen LogP contribution in [0.15, 0.2) is 12.5 Å². The second kappa shape index (κ2) is 25.1. The Morgan fingerprint density at radius 1 is 0.632 bits per heavy atom. The van der Waals surface area contributed by atoms with Gasteiger partial charge in [0.1, 0.15) is 36.3 Å². The number of aromatic amines is 1. The van der Waals surface area contributed by atoms with E-state index in [1.54, 1.807) is 0 Å². The maximum atomic E-state index is 13.9. The number of aliphatic carboxylic acids is 2. The van der Waals surface area contributed by atoms with Crippen LogP contribution in [0, 0.1) is 0 Å². The van der Waals surface area contributed by atoms with Gasteiger partial charge in [-0.25, -0.2) is 4.98 Å². The summed E-state index contributed by atoms with van der Waals surface area (Å²) in [6.45, 7) is 2.83. The van der Waals surface area contributed by atoms with Crippen LogP contribution in [-0.2, 0) is 54.4 Å². The Morgan fingerprint density at radius 3 is 1.46 bits per heavy atom. The lowest BCUT2D eigenvalue weighted by Gasteiger charge is -2.27. The smallest absolute Gasteiger partial charge is 0.325 e. The summed E-state index contributed by atoms with van der Waals surface area (Å²) < 4.78 is 0. The minimum Gasteiger partial charge on any atom is -0.481 e. The van der Waals surface area contributed by atoms with Gasteiger partial charge < -0.3 is 70.0 Å². The summed E-state index contributed by atoms with van der Waals surface area (Å²) in [7, 11) is 0. The normalized spacial score (nSPS) is 14.5. The molecule has 0 aliphatic carbocycles. The summed E-state index contributed by atoms with van der Waals surface area (Å²) in [6, 6.07) is -9.84. The predicted octanol–water partition coefficient (Wildman–Crippen LogP) is -5.16. The van der Waals surface area contributed by atoms with Crippen molar-refractivity contribution >= 4 is 59.2 Å². The first-order chi connectivity index (χ1) is 26.7. The third-order valence-electron chi connectivity index (χ3n) is 8.24. The van der Waals surface area contributed by atoms with Crippen molar-refractivity contribution in [3.05, 3.63) is 18.2 Å². The van der Waals surface area contributed by atoms with E-state index in [2.05, 4.69) is 41.9 Å². The lowest BCUT2D eigenvalue weighted by atomic mass is 10.0. The number of nitrogens with one attached hydrogen (secondary N) is 7. The molecule has 24 heteroatoms. The molecular weight excluding hydrogens is 756 g/mol. The average molecular weight is 811 g/mol. The van der Waals surface area contributed by atoms with E-state index >= 15 is 0 Å². The Bertz CT molecular complexity index is 1570. The van der Waals surface area contributed by atoms with Gasteiger partial charge in [0.05, 0.1) is 12.4 Å². The first kappa shape index (κ1) is 48.8. The van der Waals surface area contributed by atoms with Crippen LogP contribution in [0.1, 0.15) is 77.3 Å². The van der Waals surface area contributed by atoms with Gasteiger partial charge >= 0.3 is 11.9 Å². The minimum atomic E-state index is -1.63. The Labute approximate surface area is 327 Å². The molecule has 0 aliphatic rings. The minimum absolute atomic E-state index is 0.114. The molecule has 0 radical (unpaired) electrons. The molecular formula is C33H54N12O12. The summed E-state index contributed by atoms with van der Waals surface area (Å²) in [5, 5.41) is 32.6. The van der Waals surface area contributed by atoms with Crippen molar-refractivity contribution in [1.82, 2.24) is 41.9 Å². The van der Waals surface area contributed by atoms with E-state index in [0.29, 0.717) is 25.1 Å². The number of carbonyl (C=O) groups excluding carboxylic acids is 8. The number of carboxylic acids is 2. The monoisotopic (exact) mass is 810 g/mol. The molecule has 0 aromatic carbocycles. The highest BCUT2D eigenvalue weighted by molar-refractivity contribution is 5.97. The van der Waals surface area contributed by atoms with Crippen molar-refractivity contribution in [2.45, 2.75) is 120 Å². The van der Waals surface area contributed by atoms with Gasteiger partial charge in [-0.2, -0.15) is 0 Å². The summed E-state index contributed by atoms with van der Waals surface area (Å²) in [5.74, 6) is -10.1. The molecule has 1 aromatic heterocycles. The molecule has 318 valence electrons. The first-order valence-electron chi connectivity index (χ1n) is 18.0. The Morgan fingerprint density at radius 2 is 1.05 bits per heavy atom. The fourth-order valence-corrected chi connectivity index (χ4v) is 5.00. The molecule has 0 fully saturated rings. The van der Waals surface area contributed by atoms with Crippen LogP contribution in [-0.4, -0.2) is 128 Å². The third-order valence-corrected chi connectivity index (χ3v) is 8.24. The molecule has 7 atom stereocenters. The first-order valence-corrected chi connectivity index (χ1v) is 18.0. The van der Waals surface area contributed by atoms with Crippen LogP contribution >= 0.6 is 0 Å². The predicted molar refractivity (Wildman–Crippen MR) is 197 cm³/mol. The average Bonchev–Trinajstić information content (AvgIpc) is 3.65. The molecule has 57 heavy (non-hydrogen) atoms. The van der Waals surface area contributed by atoms with E-state index < -0.39 is 134 Å². The van der Waals surface area contributed by atoms with E-state index in [4.69, 9.17) is 22.9 Å². The molecule has 17 N–H and O–H groups in total. The number of unbranched alkanes of at least 4 members (excludes halogenated alkanes) is 1. The maximum Gasteiger partial charge on any atom is 0.325 e. The molecule has 1 aromatic rings. The second-order valence-corrected chi connectivity index (χ2v) is 13.2. The zero-order valence-corrected chi connectivity index (χ0v) is 31.7. The number of hydrogen-bond acceptors (Lipinski definition) is 13. The number of primary amides is 2. The van der Waals surface area contributed by atoms with Crippen molar-refractivity contribution in [2.75, 3.05) is 6.54 Å². The number of hydrogen-bond donors (Lipinski definition) is 13. The van der Waals surface area contributed by atoms with E-state index in [0.717, 1.165) is 6.92 Å². The highest BCUT2D eigenvalue weighted by Gasteiger charge is 2.34. The van der Waals surface area contributed by atoms with Crippen LogP contribution in [0.2, 0.25) is 0 Å². The van der Waals surface area contributed by atoms with Gasteiger partial charge in [0.25, 0.3) is 0 Å². The molecule has 0 saturated carbocycles. The number of carbonyl (C=O) groups is 10. The lowest BCUT2D eigenvalue weighted by molar-refractivity contribution is -0.142. The van der Waals surface area contributed by atoms with Gasteiger partial charge in [0.2, 0.25) is 47.3 Å². The number of nitrogens with two attached hydrogens (primary N) is 4. The van der Waals surface area contributed by atoms with Crippen molar-refractivity contribution in [3.8, 4) is 0 Å². The third kappa shape index (κ3) is 19.3. The number of amides is 8. The van der Waals surface area contributed by atoms with Crippen molar-refractivity contribution in [2.24, 2.45) is 22.9 Å². The van der Waals surface area contributed by atoms with E-state index in [1.165, 1.54) is 19.4 Å². The maximum absolute atomic E-state index is 13.9. The zero-order chi connectivity index (χ0) is 43.2. The number of rotatable bonds is 28. The van der Waals surface area contributed by atoms with E-state index in [-0.39, 0.29) is 19.3 Å². The highest BCUT2D eigenvalue weighted by Crippen LogP contribution is 2.09. The quantitative estimate of drug-likeness (QED) is 0.0352. The van der Waals surface area contributed by atoms with Gasteiger partial charge in [0.15, 0.2) is 0 Å². The summed E-state index contributed by atoms with van der Waals surface area (Å²) in [4.78, 5) is 132.